The van der Waals surface area contributed by atoms with E-state index in [-0.39, 0.29) is 68.8 Å². The minimum atomic E-state index is -3.84. The van der Waals surface area contributed by atoms with Crippen molar-refractivity contribution in [3.05, 3.63) is 51.9 Å². The molecule has 3 rings (SSSR count). The molecule has 1 aliphatic carbocycles. The molecule has 0 aromatic heterocycles. The zero-order chi connectivity index (χ0) is 23.5. The second kappa shape index (κ2) is 12.2. The first-order chi connectivity index (χ1) is 15.2. The molecular formula is C21H25ClN3O5S2Y-. The Bertz CT molecular complexity index is 1060. The first kappa shape index (κ1) is 28.3. The first-order valence-corrected chi connectivity index (χ1v) is 12.5. The number of carbonyl (C=O) groups excluding carboxylic acids is 1. The minimum absolute atomic E-state index is 0. The predicted molar refractivity (Wildman–Crippen MR) is 126 cm³/mol. The number of para-hydroxylation sites is 1. The number of fused-ring (bicyclic) bond motifs is 2. The van der Waals surface area contributed by atoms with Gasteiger partial charge in [-0.3, -0.25) is 18.8 Å². The fourth-order valence-corrected chi connectivity index (χ4v) is 6.21. The normalized spacial score (nSPS) is 21.0. The van der Waals surface area contributed by atoms with E-state index in [4.69, 9.17) is 24.2 Å². The van der Waals surface area contributed by atoms with Gasteiger partial charge in [0.2, 0.25) is 0 Å². The average Bonchev–Trinajstić information content (AvgIpc) is 2.83. The summed E-state index contributed by atoms with van der Waals surface area (Å²) in [5, 5.41) is 12.4. The summed E-state index contributed by atoms with van der Waals surface area (Å²) in [6.45, 7) is 0.778. The molecule has 0 bridgehead atoms. The molecule has 1 aromatic rings. The summed E-state index contributed by atoms with van der Waals surface area (Å²) < 4.78 is 28.1. The number of halogens is 1. The monoisotopic (exact) mass is 587 g/mol. The number of rotatable bonds is 8. The predicted octanol–water partition coefficient (Wildman–Crippen LogP) is 1.97. The van der Waals surface area contributed by atoms with Gasteiger partial charge in [0.05, 0.1) is 17.0 Å². The number of anilines is 1. The van der Waals surface area contributed by atoms with Gasteiger partial charge >= 0.3 is 5.97 Å². The van der Waals surface area contributed by atoms with Crippen LogP contribution >= 0.6 is 11.6 Å². The molecule has 1 amide bonds. The molecule has 1 aliphatic heterocycles. The number of nitrogens with one attached hydrogen (secondary N) is 1. The zero-order valence-corrected chi connectivity index (χ0v) is 23.3. The maximum Gasteiger partial charge on any atom is 0.304 e. The van der Waals surface area contributed by atoms with Crippen LogP contribution in [0, 0.1) is 5.92 Å². The second-order valence-corrected chi connectivity index (χ2v) is 10.3. The van der Waals surface area contributed by atoms with Gasteiger partial charge in [0, 0.05) is 76.4 Å². The molecule has 177 valence electrons. The summed E-state index contributed by atoms with van der Waals surface area (Å²) in [5.41, 5.74) is 1.30. The number of carboxylic acid groups (broad SMARTS) is 1. The van der Waals surface area contributed by atoms with Gasteiger partial charge in [-0.1, -0.05) is 41.6 Å². The van der Waals surface area contributed by atoms with Gasteiger partial charge in [-0.25, -0.2) is 8.42 Å². The maximum absolute atomic E-state index is 13.4. The second-order valence-electron chi connectivity index (χ2n) is 7.63. The van der Waals surface area contributed by atoms with Crippen molar-refractivity contribution in [2.45, 2.75) is 18.9 Å². The Hall–Kier alpha value is -0.906. The van der Waals surface area contributed by atoms with Crippen LogP contribution in [0.25, 0.3) is 0 Å². The van der Waals surface area contributed by atoms with Crippen molar-refractivity contribution in [2.24, 2.45) is 5.92 Å². The Labute approximate surface area is 229 Å². The molecule has 2 aliphatic rings. The van der Waals surface area contributed by atoms with Crippen LogP contribution in [0.4, 0.5) is 5.69 Å². The zero-order valence-electron chi connectivity index (χ0n) is 18.1. The molecule has 1 heterocycles. The molecule has 0 fully saturated rings. The maximum atomic E-state index is 13.4. The van der Waals surface area contributed by atoms with Crippen LogP contribution in [0.5, 0.6) is 0 Å². The molecule has 1 aromatic carbocycles. The van der Waals surface area contributed by atoms with Gasteiger partial charge in [-0.05, 0) is 24.1 Å². The van der Waals surface area contributed by atoms with Gasteiger partial charge in [0.15, 0.2) is 5.91 Å². The molecule has 2 unspecified atom stereocenters. The number of nitrogens with zero attached hydrogens (tertiary/aromatic N) is 2. The smallest absolute Gasteiger partial charge is 0.304 e. The Morgan fingerprint density at radius 1 is 1.30 bits per heavy atom. The van der Waals surface area contributed by atoms with E-state index < -0.39 is 28.0 Å². The van der Waals surface area contributed by atoms with E-state index in [0.717, 1.165) is 5.56 Å². The van der Waals surface area contributed by atoms with Crippen molar-refractivity contribution >= 4 is 51.8 Å². The molecule has 2 N–H and O–H groups in total. The summed E-state index contributed by atoms with van der Waals surface area (Å²) in [7, 11) is -2.33. The average molecular weight is 588 g/mol. The van der Waals surface area contributed by atoms with E-state index in [1.165, 1.54) is 17.4 Å². The fourth-order valence-electron chi connectivity index (χ4n) is 4.21. The quantitative estimate of drug-likeness (QED) is 0.448. The van der Waals surface area contributed by atoms with E-state index in [1.807, 2.05) is 17.0 Å². The number of carboxylic acids is 1. The van der Waals surface area contributed by atoms with Gasteiger partial charge in [0.25, 0.3) is 10.0 Å². The Morgan fingerprint density at radius 3 is 2.67 bits per heavy atom. The molecule has 0 saturated carbocycles. The topological polar surface area (TPSA) is 107 Å². The summed E-state index contributed by atoms with van der Waals surface area (Å²) in [6, 6.07) is 6.77. The Morgan fingerprint density at radius 2 is 2.00 bits per heavy atom. The van der Waals surface area contributed by atoms with Gasteiger partial charge in [-0.15, -0.1) is 0 Å². The van der Waals surface area contributed by atoms with Crippen LogP contribution in [-0.2, 0) is 65.0 Å². The minimum Gasteiger partial charge on any atom is -0.783 e. The Kier molecular flexibility index (Phi) is 10.5. The van der Waals surface area contributed by atoms with Crippen LogP contribution in [-0.4, -0.2) is 62.7 Å². The van der Waals surface area contributed by atoms with Crippen molar-refractivity contribution in [3.8, 4) is 0 Å². The van der Waals surface area contributed by atoms with E-state index in [0.29, 0.717) is 23.7 Å². The summed E-state index contributed by atoms with van der Waals surface area (Å²) in [4.78, 5) is 25.1. The third kappa shape index (κ3) is 6.41. The number of hydrogen-bond acceptors (Lipinski definition) is 6. The van der Waals surface area contributed by atoms with Crippen LogP contribution in [0.2, 0.25) is 0 Å². The first-order valence-electron chi connectivity index (χ1n) is 10.1. The van der Waals surface area contributed by atoms with Gasteiger partial charge < -0.3 is 23.1 Å². The van der Waals surface area contributed by atoms with E-state index in [2.05, 4.69) is 5.32 Å². The molecule has 0 saturated heterocycles. The van der Waals surface area contributed by atoms with Crippen molar-refractivity contribution in [1.29, 1.82) is 0 Å². The molecule has 0 spiro atoms. The largest absolute Gasteiger partial charge is 0.783 e. The number of hydrogen-bond donors (Lipinski definition) is 2. The van der Waals surface area contributed by atoms with Crippen molar-refractivity contribution in [1.82, 2.24) is 10.2 Å². The third-order valence-corrected chi connectivity index (χ3v) is 8.16. The Balaban J connectivity index is 0.00000385. The number of sulfonamides is 1. The van der Waals surface area contributed by atoms with E-state index in [9.17, 15) is 23.1 Å². The van der Waals surface area contributed by atoms with Gasteiger partial charge in [0.1, 0.15) is 0 Å². The summed E-state index contributed by atoms with van der Waals surface area (Å²) in [5.74, 6) is -1.77. The van der Waals surface area contributed by atoms with Crippen LogP contribution in [0.1, 0.15) is 24.4 Å². The number of aliphatic carboxylic acids is 1. The molecule has 2 atom stereocenters. The number of carbonyl (C=O) groups is 2. The molecule has 8 nitrogen and oxygen atoms in total. The molecule has 12 heteroatoms. The van der Waals surface area contributed by atoms with Crippen molar-refractivity contribution in [2.75, 3.05) is 36.7 Å². The van der Waals surface area contributed by atoms with Crippen molar-refractivity contribution < 1.29 is 55.8 Å². The van der Waals surface area contributed by atoms with Crippen molar-refractivity contribution in [3.63, 3.8) is 0 Å². The summed E-state index contributed by atoms with van der Waals surface area (Å²) >= 11 is 11.0. The molecule has 1 radical (unpaired) electrons. The molecule has 33 heavy (non-hydrogen) atoms. The van der Waals surface area contributed by atoms with Crippen LogP contribution in [0.15, 0.2) is 46.4 Å². The van der Waals surface area contributed by atoms with Crippen LogP contribution < -0.4 is 9.62 Å². The standard InChI is InChI=1S/C21H26ClN3O5S2.Y/c1-24-17-5-3-2-4-15(17)21(16-7-6-14(22)12-18(16)32(24,29)30)25(10-8-20(27)28)11-9-23-19(26)13-31;/h2-6,12,16,21,31H,7-11,13H2,1H3,(H,23,26)(H,27,28);/p-1. The van der Waals surface area contributed by atoms with E-state index in [1.54, 1.807) is 18.2 Å². The van der Waals surface area contributed by atoms with E-state index >= 15 is 0 Å². The third-order valence-electron chi connectivity index (χ3n) is 5.71. The van der Waals surface area contributed by atoms with Gasteiger partial charge in [-0.2, -0.15) is 0 Å². The van der Waals surface area contributed by atoms with Crippen LogP contribution in [0.3, 0.4) is 0 Å². The number of amides is 1. The number of benzene rings is 1. The fraction of sp³-hybridized carbons (Fsp3) is 0.429. The SMILES string of the molecule is CN1c2ccccc2C(N(CCNC(=O)C[S-])CCC(=O)O)C2CC=C(Cl)C=C2S1(=O)=O.[Y]. The summed E-state index contributed by atoms with van der Waals surface area (Å²) in [6.07, 6.45) is 3.52. The number of allylic oxidation sites excluding steroid dienone is 3. The molecular weight excluding hydrogens is 563 g/mol.